The van der Waals surface area contributed by atoms with Crippen molar-refractivity contribution >= 4 is 0 Å². The van der Waals surface area contributed by atoms with E-state index in [-0.39, 0.29) is 13.2 Å². The third-order valence-electron chi connectivity index (χ3n) is 1.99. The number of hydrogen-bond donors (Lipinski definition) is 4. The van der Waals surface area contributed by atoms with Gasteiger partial charge in [-0.3, -0.25) is 0 Å². The van der Waals surface area contributed by atoms with Crippen LogP contribution in [0.2, 0.25) is 0 Å². The van der Waals surface area contributed by atoms with E-state index in [0.717, 1.165) is 0 Å². The van der Waals surface area contributed by atoms with Crippen molar-refractivity contribution < 1.29 is 15.3 Å². The third kappa shape index (κ3) is 3.16. The van der Waals surface area contributed by atoms with Crippen LogP contribution in [-0.4, -0.2) is 40.2 Å². The van der Waals surface area contributed by atoms with Gasteiger partial charge in [-0.25, -0.2) is 0 Å². The Hall–Kier alpha value is -0.160. The maximum Gasteiger partial charge on any atom is 0.0693 e. The van der Waals surface area contributed by atoms with Gasteiger partial charge in [-0.2, -0.15) is 0 Å². The summed E-state index contributed by atoms with van der Waals surface area (Å²) in [7, 11) is 0. The highest BCUT2D eigenvalue weighted by Gasteiger charge is 2.29. The first-order chi connectivity index (χ1) is 5.06. The summed E-state index contributed by atoms with van der Waals surface area (Å²) in [5, 5.41) is 26.4. The van der Waals surface area contributed by atoms with E-state index in [1.807, 2.05) is 0 Å². The summed E-state index contributed by atoms with van der Waals surface area (Å²) in [5.41, 5.74) is 4.85. The molecule has 4 nitrogen and oxygen atoms in total. The highest BCUT2D eigenvalue weighted by atomic mass is 16.3. The predicted octanol–water partition coefficient (Wildman–Crippen LogP) is -1.17. The minimum absolute atomic E-state index is 0.0681. The highest BCUT2D eigenvalue weighted by molar-refractivity contribution is 4.88. The van der Waals surface area contributed by atoms with Gasteiger partial charge in [0.1, 0.15) is 0 Å². The molecule has 0 heterocycles. The Morgan fingerprint density at radius 3 is 1.82 bits per heavy atom. The Bertz CT molecular complexity index is 99.9. The molecule has 0 aromatic heterocycles. The molecule has 0 aromatic rings. The number of aliphatic hydroxyl groups is 3. The lowest BCUT2D eigenvalue weighted by atomic mass is 9.88. The molecule has 0 aliphatic rings. The van der Waals surface area contributed by atoms with Crippen LogP contribution in [0.4, 0.5) is 0 Å². The van der Waals surface area contributed by atoms with Gasteiger partial charge in [-0.1, -0.05) is 0 Å². The molecule has 1 unspecified atom stereocenters. The summed E-state index contributed by atoms with van der Waals surface area (Å²) in [6.45, 7) is 1.42. The number of rotatable bonds is 5. The molecule has 5 N–H and O–H groups in total. The maximum atomic E-state index is 9.19. The van der Waals surface area contributed by atoms with Crippen LogP contribution in [0.25, 0.3) is 0 Å². The Kier molecular flexibility index (Phi) is 4.60. The van der Waals surface area contributed by atoms with Crippen LogP contribution in [-0.2, 0) is 0 Å². The second kappa shape index (κ2) is 4.66. The predicted molar refractivity (Wildman–Crippen MR) is 42.0 cm³/mol. The van der Waals surface area contributed by atoms with Crippen LogP contribution in [0.3, 0.4) is 0 Å². The van der Waals surface area contributed by atoms with Gasteiger partial charge in [0.25, 0.3) is 0 Å². The van der Waals surface area contributed by atoms with Crippen molar-refractivity contribution in [3.63, 3.8) is 0 Å². The van der Waals surface area contributed by atoms with E-state index >= 15 is 0 Å². The van der Waals surface area contributed by atoms with Crippen LogP contribution in [0, 0.1) is 0 Å². The minimum atomic E-state index is -0.844. The Balaban J connectivity index is 4.01. The zero-order valence-corrected chi connectivity index (χ0v) is 6.82. The zero-order valence-electron chi connectivity index (χ0n) is 6.82. The quantitative estimate of drug-likeness (QED) is 0.411. The summed E-state index contributed by atoms with van der Waals surface area (Å²) in [4.78, 5) is 0. The van der Waals surface area contributed by atoms with Crippen molar-refractivity contribution in [3.05, 3.63) is 0 Å². The van der Waals surface area contributed by atoms with Gasteiger partial charge in [0, 0.05) is 18.8 Å². The molecule has 4 heteroatoms. The van der Waals surface area contributed by atoms with E-state index in [4.69, 9.17) is 15.9 Å². The number of nitrogens with two attached hydrogens (primary N) is 1. The average molecular weight is 163 g/mol. The zero-order chi connectivity index (χ0) is 8.91. The van der Waals surface area contributed by atoms with Gasteiger partial charge in [0.2, 0.25) is 0 Å². The molecule has 0 bridgehead atoms. The lowest BCUT2D eigenvalue weighted by Crippen LogP contribution is -2.50. The Morgan fingerprint density at radius 2 is 1.64 bits per heavy atom. The van der Waals surface area contributed by atoms with Crippen LogP contribution >= 0.6 is 0 Å². The molecule has 0 radical (unpaired) electrons. The van der Waals surface area contributed by atoms with Crippen LogP contribution in [0.1, 0.15) is 19.8 Å². The van der Waals surface area contributed by atoms with Gasteiger partial charge in [-0.05, 0) is 19.8 Å². The van der Waals surface area contributed by atoms with E-state index in [1.54, 1.807) is 6.92 Å². The first kappa shape index (κ1) is 10.8. The maximum absolute atomic E-state index is 9.19. The lowest BCUT2D eigenvalue weighted by Gasteiger charge is -2.31. The molecule has 0 saturated carbocycles. The van der Waals surface area contributed by atoms with Crippen LogP contribution < -0.4 is 5.73 Å². The molecule has 1 atom stereocenters. The molecule has 0 rings (SSSR count). The number of hydrogen-bond acceptors (Lipinski definition) is 4. The molecule has 0 saturated heterocycles. The van der Waals surface area contributed by atoms with Crippen LogP contribution in [0.5, 0.6) is 0 Å². The fraction of sp³-hybridized carbons (Fsp3) is 1.00. The molecular formula is C7H17NO3. The van der Waals surface area contributed by atoms with Crippen molar-refractivity contribution in [2.75, 3.05) is 13.2 Å². The molecular weight excluding hydrogens is 146 g/mol. The largest absolute Gasteiger partial charge is 0.396 e. The third-order valence-corrected chi connectivity index (χ3v) is 1.99. The average Bonchev–Trinajstić information content (AvgIpc) is 1.88. The second-order valence-corrected chi connectivity index (χ2v) is 2.86. The fourth-order valence-corrected chi connectivity index (χ4v) is 0.959. The normalized spacial score (nSPS) is 15.0. The molecule has 0 spiro atoms. The summed E-state index contributed by atoms with van der Waals surface area (Å²) in [5.74, 6) is 0. The second-order valence-electron chi connectivity index (χ2n) is 2.86. The first-order valence-corrected chi connectivity index (χ1v) is 3.75. The molecule has 68 valence electrons. The topological polar surface area (TPSA) is 86.7 Å². The Labute approximate surface area is 66.7 Å². The smallest absolute Gasteiger partial charge is 0.0693 e. The van der Waals surface area contributed by atoms with Gasteiger partial charge in [-0.15, -0.1) is 0 Å². The van der Waals surface area contributed by atoms with E-state index in [9.17, 15) is 5.11 Å². The number of aliphatic hydroxyl groups excluding tert-OH is 3. The molecule has 0 amide bonds. The molecule has 0 aliphatic carbocycles. The summed E-state index contributed by atoms with van der Waals surface area (Å²) >= 11 is 0. The minimum Gasteiger partial charge on any atom is -0.396 e. The van der Waals surface area contributed by atoms with Gasteiger partial charge >= 0.3 is 0 Å². The molecule has 0 fully saturated rings. The molecule has 11 heavy (non-hydrogen) atoms. The first-order valence-electron chi connectivity index (χ1n) is 3.75. The molecule has 0 aliphatic heterocycles. The summed E-state index contributed by atoms with van der Waals surface area (Å²) in [6.07, 6.45) is -0.0852. The van der Waals surface area contributed by atoms with Gasteiger partial charge in [0.05, 0.1) is 6.10 Å². The standard InChI is InChI=1S/C7H17NO3/c1-6(11)7(8,2-4-9)3-5-10/h6,9-11H,2-5,8H2,1H3. The van der Waals surface area contributed by atoms with E-state index in [2.05, 4.69) is 0 Å². The van der Waals surface area contributed by atoms with Crippen molar-refractivity contribution in [3.8, 4) is 0 Å². The molecule has 0 aromatic carbocycles. The monoisotopic (exact) mass is 163 g/mol. The van der Waals surface area contributed by atoms with E-state index < -0.39 is 11.6 Å². The van der Waals surface area contributed by atoms with Crippen molar-refractivity contribution in [2.45, 2.75) is 31.4 Å². The van der Waals surface area contributed by atoms with Gasteiger partial charge < -0.3 is 21.1 Å². The van der Waals surface area contributed by atoms with Gasteiger partial charge in [0.15, 0.2) is 0 Å². The fourth-order valence-electron chi connectivity index (χ4n) is 0.959. The van der Waals surface area contributed by atoms with Crippen LogP contribution in [0.15, 0.2) is 0 Å². The highest BCUT2D eigenvalue weighted by Crippen LogP contribution is 2.15. The van der Waals surface area contributed by atoms with Crippen molar-refractivity contribution in [1.82, 2.24) is 0 Å². The Morgan fingerprint density at radius 1 is 1.27 bits per heavy atom. The summed E-state index contributed by atoms with van der Waals surface area (Å²) in [6, 6.07) is 0. The van der Waals surface area contributed by atoms with E-state index in [0.29, 0.717) is 12.8 Å². The van der Waals surface area contributed by atoms with Crippen molar-refractivity contribution in [1.29, 1.82) is 0 Å². The lowest BCUT2D eigenvalue weighted by molar-refractivity contribution is 0.0616. The summed E-state index contributed by atoms with van der Waals surface area (Å²) < 4.78 is 0. The van der Waals surface area contributed by atoms with Crippen molar-refractivity contribution in [2.24, 2.45) is 5.73 Å². The van der Waals surface area contributed by atoms with E-state index in [1.165, 1.54) is 0 Å². The SMILES string of the molecule is CC(O)C(N)(CCO)CCO.